The lowest BCUT2D eigenvalue weighted by Gasteiger charge is -2.14. The maximum atomic E-state index is 11.6. The minimum Gasteiger partial charge on any atom is -0.422 e. The Balaban J connectivity index is 2.02. The highest BCUT2D eigenvalue weighted by Gasteiger charge is 2.13. The number of hydrogen-bond donors (Lipinski definition) is 2. The number of nitrogen functional groups attached to an aromatic ring is 1. The van der Waals surface area contributed by atoms with Crippen molar-refractivity contribution >= 4 is 33.9 Å². The third-order valence-electron chi connectivity index (χ3n) is 3.37. The third-order valence-corrected chi connectivity index (χ3v) is 3.37. The topological polar surface area (TPSA) is 90.1 Å². The number of anilines is 3. The SMILES string of the molecule is CCC(=O)Oc1c(N)cccc1Nc1nccc2ccncc12. The molecule has 116 valence electrons. The number of ether oxygens (including phenoxy) is 1. The summed E-state index contributed by atoms with van der Waals surface area (Å²) in [5.74, 6) is 0.579. The summed E-state index contributed by atoms with van der Waals surface area (Å²) in [5.41, 5.74) is 6.90. The van der Waals surface area contributed by atoms with Gasteiger partial charge in [0.15, 0.2) is 5.75 Å². The molecule has 6 heteroatoms. The highest BCUT2D eigenvalue weighted by Crippen LogP contribution is 2.34. The van der Waals surface area contributed by atoms with E-state index < -0.39 is 0 Å². The van der Waals surface area contributed by atoms with Gasteiger partial charge >= 0.3 is 5.97 Å². The minimum absolute atomic E-state index is 0.268. The molecule has 3 aromatic rings. The van der Waals surface area contributed by atoms with Crippen LogP contribution < -0.4 is 15.8 Å². The molecule has 0 aliphatic rings. The minimum atomic E-state index is -0.349. The number of carbonyl (C=O) groups is 1. The van der Waals surface area contributed by atoms with Crippen molar-refractivity contribution in [2.45, 2.75) is 13.3 Å². The molecule has 0 atom stereocenters. The second kappa shape index (κ2) is 6.31. The lowest BCUT2D eigenvalue weighted by molar-refractivity contribution is -0.133. The van der Waals surface area contributed by atoms with Gasteiger partial charge in [-0.2, -0.15) is 0 Å². The van der Waals surface area contributed by atoms with E-state index in [0.29, 0.717) is 22.9 Å². The van der Waals surface area contributed by atoms with Crippen LogP contribution in [0.15, 0.2) is 48.9 Å². The molecule has 6 nitrogen and oxygen atoms in total. The Hall–Kier alpha value is -3.15. The maximum absolute atomic E-state index is 11.6. The number of aromatic nitrogens is 2. The van der Waals surface area contributed by atoms with Crippen LogP contribution in [-0.2, 0) is 4.79 Å². The normalized spacial score (nSPS) is 10.5. The first-order valence-corrected chi connectivity index (χ1v) is 7.24. The molecule has 0 aliphatic carbocycles. The molecule has 1 aromatic carbocycles. The summed E-state index contributed by atoms with van der Waals surface area (Å²) in [6.45, 7) is 1.73. The number of carbonyl (C=O) groups excluding carboxylic acids is 1. The number of nitrogens with two attached hydrogens (primary N) is 1. The Morgan fingerprint density at radius 1 is 1.26 bits per heavy atom. The van der Waals surface area contributed by atoms with Crippen LogP contribution in [0.4, 0.5) is 17.2 Å². The molecule has 2 aromatic heterocycles. The van der Waals surface area contributed by atoms with Crippen molar-refractivity contribution in [3.05, 3.63) is 48.9 Å². The molecule has 3 N–H and O–H groups in total. The number of nitrogens with zero attached hydrogens (tertiary/aromatic N) is 2. The third kappa shape index (κ3) is 3.06. The lowest BCUT2D eigenvalue weighted by atomic mass is 10.2. The number of rotatable bonds is 4. The molecule has 0 unspecified atom stereocenters. The van der Waals surface area contributed by atoms with Gasteiger partial charge in [0.25, 0.3) is 0 Å². The van der Waals surface area contributed by atoms with E-state index in [0.717, 1.165) is 10.8 Å². The zero-order chi connectivity index (χ0) is 16.2. The van der Waals surface area contributed by atoms with E-state index in [-0.39, 0.29) is 12.4 Å². The number of nitrogens with one attached hydrogen (secondary N) is 1. The standard InChI is InChI=1S/C17H16N4O2/c1-2-15(22)23-16-13(18)4-3-5-14(16)21-17-12-10-19-8-6-11(12)7-9-20-17/h3-10H,2,18H2,1H3,(H,20,21). The Bertz CT molecular complexity index is 859. The largest absolute Gasteiger partial charge is 0.422 e. The van der Waals surface area contributed by atoms with Crippen molar-refractivity contribution in [2.75, 3.05) is 11.1 Å². The van der Waals surface area contributed by atoms with Gasteiger partial charge in [-0.15, -0.1) is 0 Å². The number of fused-ring (bicyclic) bond motifs is 1. The Morgan fingerprint density at radius 2 is 2.09 bits per heavy atom. The van der Waals surface area contributed by atoms with Crippen LogP contribution in [0.3, 0.4) is 0 Å². The molecule has 0 radical (unpaired) electrons. The van der Waals surface area contributed by atoms with Crippen molar-refractivity contribution < 1.29 is 9.53 Å². The molecule has 0 fully saturated rings. The zero-order valence-corrected chi connectivity index (χ0v) is 12.6. The molecule has 0 bridgehead atoms. The van der Waals surface area contributed by atoms with Gasteiger partial charge in [-0.1, -0.05) is 13.0 Å². The quantitative estimate of drug-likeness (QED) is 0.437. The van der Waals surface area contributed by atoms with Gasteiger partial charge in [0.1, 0.15) is 5.82 Å². The zero-order valence-electron chi connectivity index (χ0n) is 12.6. The molecule has 0 saturated carbocycles. The van der Waals surface area contributed by atoms with Crippen molar-refractivity contribution in [1.29, 1.82) is 0 Å². The smallest absolute Gasteiger partial charge is 0.311 e. The fourth-order valence-corrected chi connectivity index (χ4v) is 2.19. The first-order valence-electron chi connectivity index (χ1n) is 7.24. The number of para-hydroxylation sites is 1. The van der Waals surface area contributed by atoms with E-state index in [9.17, 15) is 4.79 Å². The summed E-state index contributed by atoms with van der Waals surface area (Å²) in [7, 11) is 0. The van der Waals surface area contributed by atoms with Crippen LogP contribution in [0.5, 0.6) is 5.75 Å². The molecule has 0 amide bonds. The second-order valence-corrected chi connectivity index (χ2v) is 4.93. The van der Waals surface area contributed by atoms with Crippen LogP contribution in [0.25, 0.3) is 10.8 Å². The van der Waals surface area contributed by atoms with Crippen molar-refractivity contribution in [3.63, 3.8) is 0 Å². The second-order valence-electron chi connectivity index (χ2n) is 4.93. The van der Waals surface area contributed by atoms with Gasteiger partial charge in [-0.3, -0.25) is 9.78 Å². The highest BCUT2D eigenvalue weighted by atomic mass is 16.5. The average Bonchev–Trinajstić information content (AvgIpc) is 2.58. The summed E-state index contributed by atoms with van der Waals surface area (Å²) >= 11 is 0. The molecule has 0 saturated heterocycles. The number of benzene rings is 1. The van der Waals surface area contributed by atoms with E-state index in [4.69, 9.17) is 10.5 Å². The Kier molecular flexibility index (Phi) is 4.05. The van der Waals surface area contributed by atoms with Gasteiger partial charge in [0, 0.05) is 30.4 Å². The van der Waals surface area contributed by atoms with Gasteiger partial charge in [0.05, 0.1) is 11.4 Å². The average molecular weight is 308 g/mol. The fraction of sp³-hybridized carbons (Fsp3) is 0.118. The van der Waals surface area contributed by atoms with Gasteiger partial charge < -0.3 is 15.8 Å². The van der Waals surface area contributed by atoms with E-state index in [1.54, 1.807) is 43.7 Å². The Labute approximate surface area is 133 Å². The fourth-order valence-electron chi connectivity index (χ4n) is 2.19. The summed E-state index contributed by atoms with van der Waals surface area (Å²) < 4.78 is 5.34. The summed E-state index contributed by atoms with van der Waals surface area (Å²) in [5, 5.41) is 5.05. The molecule has 3 rings (SSSR count). The van der Waals surface area contributed by atoms with Gasteiger partial charge in [0.2, 0.25) is 0 Å². The van der Waals surface area contributed by atoms with E-state index >= 15 is 0 Å². The van der Waals surface area contributed by atoms with Crippen molar-refractivity contribution in [3.8, 4) is 5.75 Å². The van der Waals surface area contributed by atoms with Crippen LogP contribution >= 0.6 is 0 Å². The van der Waals surface area contributed by atoms with E-state index in [1.165, 1.54) is 0 Å². The molecule has 0 spiro atoms. The van der Waals surface area contributed by atoms with E-state index in [1.807, 2.05) is 12.1 Å². The van der Waals surface area contributed by atoms with Crippen LogP contribution in [0.2, 0.25) is 0 Å². The highest BCUT2D eigenvalue weighted by molar-refractivity contribution is 5.93. The Morgan fingerprint density at radius 3 is 2.91 bits per heavy atom. The predicted octanol–water partition coefficient (Wildman–Crippen LogP) is 3.27. The summed E-state index contributed by atoms with van der Waals surface area (Å²) in [4.78, 5) is 20.1. The van der Waals surface area contributed by atoms with Crippen LogP contribution in [-0.4, -0.2) is 15.9 Å². The first-order chi connectivity index (χ1) is 11.2. The molecule has 23 heavy (non-hydrogen) atoms. The monoisotopic (exact) mass is 308 g/mol. The molecular formula is C17H16N4O2. The number of pyridine rings is 2. The summed E-state index contributed by atoms with van der Waals surface area (Å²) in [6, 6.07) is 9.05. The number of hydrogen-bond acceptors (Lipinski definition) is 6. The summed E-state index contributed by atoms with van der Waals surface area (Å²) in [6.07, 6.45) is 5.43. The van der Waals surface area contributed by atoms with Crippen LogP contribution in [0.1, 0.15) is 13.3 Å². The predicted molar refractivity (Wildman–Crippen MR) is 89.6 cm³/mol. The molecule has 0 aliphatic heterocycles. The van der Waals surface area contributed by atoms with Crippen LogP contribution in [0, 0.1) is 0 Å². The number of esters is 1. The van der Waals surface area contributed by atoms with Crippen molar-refractivity contribution in [1.82, 2.24) is 9.97 Å². The van der Waals surface area contributed by atoms with Gasteiger partial charge in [-0.05, 0) is 29.7 Å². The van der Waals surface area contributed by atoms with Crippen molar-refractivity contribution in [2.24, 2.45) is 0 Å². The van der Waals surface area contributed by atoms with E-state index in [2.05, 4.69) is 15.3 Å². The maximum Gasteiger partial charge on any atom is 0.311 e. The lowest BCUT2D eigenvalue weighted by Crippen LogP contribution is -2.09. The molecular weight excluding hydrogens is 292 g/mol. The first kappa shape index (κ1) is 14.8. The molecule has 2 heterocycles. The van der Waals surface area contributed by atoms with Gasteiger partial charge in [-0.25, -0.2) is 4.98 Å².